The van der Waals surface area contributed by atoms with Gasteiger partial charge < -0.3 is 35.4 Å². The molecule has 14 nitrogen and oxygen atoms in total. The number of benzene rings is 4. The Balaban J connectivity index is 0.000000375. The lowest BCUT2D eigenvalue weighted by atomic mass is 10.1. The maximum atomic E-state index is 12.0. The van der Waals surface area contributed by atoms with Gasteiger partial charge in [0.05, 0.1) is 0 Å². The second-order valence-corrected chi connectivity index (χ2v) is 14.1. The highest BCUT2D eigenvalue weighted by Gasteiger charge is 2.23. The first-order valence-corrected chi connectivity index (χ1v) is 19.8. The summed E-state index contributed by atoms with van der Waals surface area (Å²) in [4.78, 5) is 73.5. The average Bonchev–Trinajstić information content (AvgIpc) is 3.29. The number of nitrogens with zero attached hydrogens (tertiary/aromatic N) is 3. The topological polar surface area (TPSA) is 175 Å². The second kappa shape index (κ2) is 32.7. The van der Waals surface area contributed by atoms with E-state index < -0.39 is 0 Å². The highest BCUT2D eigenvalue weighted by Crippen LogP contribution is 2.10. The van der Waals surface area contributed by atoms with Crippen molar-refractivity contribution >= 4 is 30.2 Å². The molecule has 0 unspecified atom stereocenters. The molecule has 3 aliphatic heterocycles. The number of hydrogen-bond donors (Lipinski definition) is 3. The van der Waals surface area contributed by atoms with Crippen LogP contribution in [0, 0.1) is 0 Å². The standard InChI is InChI=1S/C12H16N2O.C11H14N2O.C9H18N2O2.2C6H6.2CO2/c1-10-9-14(8-7-13-10)12(15)11-5-3-2-4-6-11;14-11(10-4-2-1-3-5-10)13-8-6-12-7-9-13;1-9(2,3)13-8(12)11-6-4-10-5-7-11;2*1-2-4-6-5-3-1;2*2-1-3/h2-6,10,13H,7-9H2,1H3;1-5,12H,6-9H2;10H,4-7H2,1-3H3;2*1-6H;;/t10-;;;;;;/m1....../s1. The number of carbonyl (C=O) groups excluding carboxylic acids is 7. The third kappa shape index (κ3) is 25.2. The van der Waals surface area contributed by atoms with Crippen LogP contribution >= 0.6 is 0 Å². The Labute approximate surface area is 354 Å². The van der Waals surface area contributed by atoms with Crippen molar-refractivity contribution < 1.29 is 38.3 Å². The molecule has 0 aliphatic carbocycles. The minimum absolute atomic E-state index is 0.143. The molecule has 3 N–H and O–H groups in total. The molecule has 0 bridgehead atoms. The summed E-state index contributed by atoms with van der Waals surface area (Å²) in [6.45, 7) is 16.9. The molecule has 322 valence electrons. The van der Waals surface area contributed by atoms with Crippen LogP contribution < -0.4 is 16.0 Å². The van der Waals surface area contributed by atoms with Crippen molar-refractivity contribution in [2.24, 2.45) is 0 Å². The van der Waals surface area contributed by atoms with E-state index in [4.69, 9.17) is 23.9 Å². The number of nitrogens with one attached hydrogen (secondary N) is 3. The summed E-state index contributed by atoms with van der Waals surface area (Å²) in [6, 6.07) is 43.3. The molecule has 3 saturated heterocycles. The summed E-state index contributed by atoms with van der Waals surface area (Å²) in [7, 11) is 0. The van der Waals surface area contributed by atoms with E-state index in [1.54, 1.807) is 4.90 Å². The van der Waals surface area contributed by atoms with Crippen molar-refractivity contribution in [3.05, 3.63) is 145 Å². The zero-order chi connectivity index (χ0) is 44.3. The van der Waals surface area contributed by atoms with Gasteiger partial charge in [-0.3, -0.25) is 9.59 Å². The van der Waals surface area contributed by atoms with Crippen LogP contribution in [-0.4, -0.2) is 129 Å². The molecule has 60 heavy (non-hydrogen) atoms. The lowest BCUT2D eigenvalue weighted by Crippen LogP contribution is -2.51. The number of piperazine rings is 3. The average molecular weight is 825 g/mol. The molecule has 4 aromatic rings. The van der Waals surface area contributed by atoms with E-state index in [0.717, 1.165) is 83.1 Å². The third-order valence-corrected chi connectivity index (χ3v) is 8.20. The zero-order valence-corrected chi connectivity index (χ0v) is 35.2. The second-order valence-electron chi connectivity index (χ2n) is 14.1. The van der Waals surface area contributed by atoms with Crippen LogP contribution in [0.5, 0.6) is 0 Å². The smallest absolute Gasteiger partial charge is 0.410 e. The van der Waals surface area contributed by atoms with E-state index in [9.17, 15) is 14.4 Å². The van der Waals surface area contributed by atoms with Gasteiger partial charge in [0, 0.05) is 89.2 Å². The van der Waals surface area contributed by atoms with Crippen LogP contribution in [0.1, 0.15) is 48.4 Å². The first-order valence-electron chi connectivity index (χ1n) is 19.8. The van der Waals surface area contributed by atoms with Gasteiger partial charge in [-0.25, -0.2) is 4.79 Å². The Hall–Kier alpha value is -6.27. The lowest BCUT2D eigenvalue weighted by molar-refractivity contribution is -0.193. The molecule has 0 saturated carbocycles. The summed E-state index contributed by atoms with van der Waals surface area (Å²) in [6.07, 6.45) is 0.300. The number of carbonyl (C=O) groups is 3. The van der Waals surface area contributed by atoms with Gasteiger partial charge in [0.15, 0.2) is 0 Å². The molecule has 0 spiro atoms. The monoisotopic (exact) mass is 824 g/mol. The van der Waals surface area contributed by atoms with Gasteiger partial charge in [0.2, 0.25) is 0 Å². The molecule has 3 fully saturated rings. The van der Waals surface area contributed by atoms with Gasteiger partial charge in [-0.2, -0.15) is 19.2 Å². The van der Waals surface area contributed by atoms with E-state index in [1.807, 2.05) is 164 Å². The summed E-state index contributed by atoms with van der Waals surface area (Å²) in [5.41, 5.74) is 1.18. The molecular formula is C46H60N6O8. The first kappa shape index (κ1) is 51.7. The van der Waals surface area contributed by atoms with E-state index in [1.165, 1.54) is 0 Å². The van der Waals surface area contributed by atoms with Crippen LogP contribution in [0.2, 0.25) is 0 Å². The fourth-order valence-electron chi connectivity index (χ4n) is 5.46. The van der Waals surface area contributed by atoms with Crippen LogP contribution in [0.4, 0.5) is 4.79 Å². The van der Waals surface area contributed by atoms with Crippen LogP contribution in [0.15, 0.2) is 133 Å². The zero-order valence-electron chi connectivity index (χ0n) is 35.2. The van der Waals surface area contributed by atoms with Crippen molar-refractivity contribution in [3.8, 4) is 0 Å². The summed E-state index contributed by atoms with van der Waals surface area (Å²) in [5.74, 6) is 0.288. The summed E-state index contributed by atoms with van der Waals surface area (Å²) >= 11 is 0. The maximum absolute atomic E-state index is 12.0. The van der Waals surface area contributed by atoms with Crippen LogP contribution in [-0.2, 0) is 23.9 Å². The Bertz CT molecular complexity index is 1660. The van der Waals surface area contributed by atoms with Crippen molar-refractivity contribution in [1.29, 1.82) is 0 Å². The molecule has 1 atom stereocenters. The summed E-state index contributed by atoms with van der Waals surface area (Å²) < 4.78 is 5.24. The lowest BCUT2D eigenvalue weighted by Gasteiger charge is -2.31. The number of hydrogen-bond acceptors (Lipinski definition) is 11. The maximum Gasteiger partial charge on any atom is 0.410 e. The molecule has 0 aromatic heterocycles. The van der Waals surface area contributed by atoms with E-state index >= 15 is 0 Å². The molecule has 3 amide bonds. The molecule has 0 radical (unpaired) electrons. The van der Waals surface area contributed by atoms with Gasteiger partial charge in [0.25, 0.3) is 11.8 Å². The molecule has 14 heteroatoms. The predicted molar refractivity (Wildman–Crippen MR) is 229 cm³/mol. The Kier molecular flexibility index (Phi) is 28.2. The molecule has 3 heterocycles. The van der Waals surface area contributed by atoms with Crippen molar-refractivity contribution in [2.75, 3.05) is 72.0 Å². The number of ether oxygens (including phenoxy) is 1. The highest BCUT2D eigenvalue weighted by molar-refractivity contribution is 5.94. The normalized spacial score (nSPS) is 15.1. The van der Waals surface area contributed by atoms with Crippen molar-refractivity contribution in [3.63, 3.8) is 0 Å². The largest absolute Gasteiger partial charge is 0.444 e. The van der Waals surface area contributed by atoms with E-state index in [2.05, 4.69) is 22.9 Å². The van der Waals surface area contributed by atoms with Crippen LogP contribution in [0.3, 0.4) is 0 Å². The van der Waals surface area contributed by atoms with Gasteiger partial charge >= 0.3 is 18.4 Å². The van der Waals surface area contributed by atoms with Gasteiger partial charge in [0.1, 0.15) is 5.60 Å². The van der Waals surface area contributed by atoms with Gasteiger partial charge in [-0.1, -0.05) is 109 Å². The first-order chi connectivity index (χ1) is 29.0. The fourth-order valence-corrected chi connectivity index (χ4v) is 5.46. The fraction of sp³-hybridized carbons (Fsp3) is 0.370. The third-order valence-electron chi connectivity index (χ3n) is 8.20. The van der Waals surface area contributed by atoms with Gasteiger partial charge in [-0.05, 0) is 52.0 Å². The quantitative estimate of drug-likeness (QED) is 0.251. The van der Waals surface area contributed by atoms with Gasteiger partial charge in [-0.15, -0.1) is 0 Å². The molecule has 4 aromatic carbocycles. The highest BCUT2D eigenvalue weighted by atomic mass is 16.6. The van der Waals surface area contributed by atoms with Crippen molar-refractivity contribution in [2.45, 2.75) is 39.3 Å². The van der Waals surface area contributed by atoms with Crippen molar-refractivity contribution in [1.82, 2.24) is 30.7 Å². The number of rotatable bonds is 2. The predicted octanol–water partition coefficient (Wildman–Crippen LogP) is 4.89. The Morgan fingerprint density at radius 2 is 0.817 bits per heavy atom. The molecule has 3 aliphatic rings. The number of amides is 3. The minimum Gasteiger partial charge on any atom is -0.444 e. The summed E-state index contributed by atoms with van der Waals surface area (Å²) in [5, 5.41) is 9.73. The van der Waals surface area contributed by atoms with E-state index in [-0.39, 0.29) is 35.8 Å². The molecule has 7 rings (SSSR count). The minimum atomic E-state index is -0.387. The van der Waals surface area contributed by atoms with E-state index in [0.29, 0.717) is 6.04 Å². The SMILES string of the molecule is CC(C)(C)OC(=O)N1CCNCC1.C[C@@H]1CN(C(=O)c2ccccc2)CCN1.O=C(c1ccccc1)N1CCNCC1.O=C=O.O=C=O.c1ccccc1.c1ccccc1. The Morgan fingerprint density at radius 3 is 1.15 bits per heavy atom. The van der Waals surface area contributed by atoms with Crippen LogP contribution in [0.25, 0.3) is 0 Å². The Morgan fingerprint density at radius 1 is 0.517 bits per heavy atom. The molecular weight excluding hydrogens is 765 g/mol.